The molecule has 0 radical (unpaired) electrons. The van der Waals surface area contributed by atoms with Crippen LogP contribution >= 0.6 is 0 Å². The fourth-order valence-electron chi connectivity index (χ4n) is 2.84. The van der Waals surface area contributed by atoms with Gasteiger partial charge < -0.3 is 0 Å². The Morgan fingerprint density at radius 1 is 1.04 bits per heavy atom. The number of rotatable bonds is 5. The lowest BCUT2D eigenvalue weighted by Gasteiger charge is -2.27. The molecule has 0 amide bonds. The van der Waals surface area contributed by atoms with Crippen molar-refractivity contribution in [2.24, 2.45) is 0 Å². The highest BCUT2D eigenvalue weighted by atomic mass is 32.2. The highest BCUT2D eigenvalue weighted by molar-refractivity contribution is 7.92. The minimum atomic E-state index is -3.93. The predicted molar refractivity (Wildman–Crippen MR) is 99.3 cm³/mol. The first-order chi connectivity index (χ1) is 12.6. The van der Waals surface area contributed by atoms with E-state index in [4.69, 9.17) is 0 Å². The fourth-order valence-corrected chi connectivity index (χ4v) is 4.68. The Balaban J connectivity index is 1.84. The second-order valence-corrected chi connectivity index (χ2v) is 9.85. The number of anilines is 1. The van der Waals surface area contributed by atoms with Crippen LogP contribution in [0.15, 0.2) is 47.4 Å². The molecule has 0 saturated carbocycles. The van der Waals surface area contributed by atoms with E-state index in [2.05, 4.69) is 4.72 Å². The standard InChI is InChI=1S/C16H17N3O6S2/c1-26(22,23)18-9-8-12-2-3-14(10-13(12)11-18)17-27(24,25)16-6-4-15(5-7-16)19(20)21/h2-7,10,17H,8-9,11H2,1H3. The molecule has 2 aromatic carbocycles. The number of nitro groups is 1. The molecular weight excluding hydrogens is 394 g/mol. The van der Waals surface area contributed by atoms with Gasteiger partial charge in [-0.3, -0.25) is 14.8 Å². The molecule has 9 nitrogen and oxygen atoms in total. The van der Waals surface area contributed by atoms with Gasteiger partial charge in [0.25, 0.3) is 15.7 Å². The Labute approximate surface area is 156 Å². The van der Waals surface area contributed by atoms with Gasteiger partial charge in [0.1, 0.15) is 0 Å². The Bertz CT molecular complexity index is 1100. The zero-order valence-electron chi connectivity index (χ0n) is 14.3. The molecular formula is C16H17N3O6S2. The van der Waals surface area contributed by atoms with Crippen LogP contribution < -0.4 is 4.72 Å². The molecule has 0 atom stereocenters. The van der Waals surface area contributed by atoms with Crippen LogP contribution in [0.5, 0.6) is 0 Å². The molecule has 0 aliphatic carbocycles. The molecule has 0 saturated heterocycles. The fraction of sp³-hybridized carbons (Fsp3) is 0.250. The molecule has 1 heterocycles. The molecule has 3 rings (SSSR count). The first kappa shape index (κ1) is 19.3. The topological polar surface area (TPSA) is 127 Å². The van der Waals surface area contributed by atoms with Gasteiger partial charge in [0.05, 0.1) is 16.1 Å². The van der Waals surface area contributed by atoms with Crippen LogP contribution in [0.4, 0.5) is 11.4 Å². The summed E-state index contributed by atoms with van der Waals surface area (Å²) in [5.41, 5.74) is 1.79. The van der Waals surface area contributed by atoms with Gasteiger partial charge in [0, 0.05) is 30.9 Å². The number of nitro benzene ring substituents is 1. The van der Waals surface area contributed by atoms with E-state index in [1.807, 2.05) is 0 Å². The Hall–Kier alpha value is -2.50. The summed E-state index contributed by atoms with van der Waals surface area (Å²) in [7, 11) is -7.26. The summed E-state index contributed by atoms with van der Waals surface area (Å²) in [5.74, 6) is 0. The maximum atomic E-state index is 12.5. The van der Waals surface area contributed by atoms with Crippen molar-refractivity contribution in [3.05, 3.63) is 63.7 Å². The van der Waals surface area contributed by atoms with Crippen molar-refractivity contribution >= 4 is 31.4 Å². The predicted octanol–water partition coefficient (Wildman–Crippen LogP) is 1.71. The summed E-state index contributed by atoms with van der Waals surface area (Å²) >= 11 is 0. The van der Waals surface area contributed by atoms with Gasteiger partial charge in [-0.2, -0.15) is 4.31 Å². The Kier molecular flexibility index (Phi) is 4.93. The van der Waals surface area contributed by atoms with Crippen LogP contribution in [-0.2, 0) is 33.0 Å². The van der Waals surface area contributed by atoms with E-state index in [0.717, 1.165) is 41.6 Å². The minimum absolute atomic E-state index is 0.108. The largest absolute Gasteiger partial charge is 0.280 e. The summed E-state index contributed by atoms with van der Waals surface area (Å²) in [4.78, 5) is 9.96. The first-order valence-corrected chi connectivity index (χ1v) is 11.2. The molecule has 0 fully saturated rings. The average Bonchev–Trinajstić information content (AvgIpc) is 2.60. The SMILES string of the molecule is CS(=O)(=O)N1CCc2ccc(NS(=O)(=O)c3ccc([N+](=O)[O-])cc3)cc2C1. The van der Waals surface area contributed by atoms with Crippen molar-refractivity contribution in [1.29, 1.82) is 0 Å². The maximum absolute atomic E-state index is 12.5. The molecule has 2 aromatic rings. The monoisotopic (exact) mass is 411 g/mol. The van der Waals surface area contributed by atoms with Crippen LogP contribution in [0.1, 0.15) is 11.1 Å². The van der Waals surface area contributed by atoms with Crippen LogP contribution in [0, 0.1) is 10.1 Å². The van der Waals surface area contributed by atoms with Gasteiger partial charge in [-0.25, -0.2) is 16.8 Å². The van der Waals surface area contributed by atoms with Gasteiger partial charge >= 0.3 is 0 Å². The van der Waals surface area contributed by atoms with Crippen LogP contribution in [0.3, 0.4) is 0 Å². The van der Waals surface area contributed by atoms with Gasteiger partial charge in [0.15, 0.2) is 0 Å². The number of nitrogens with one attached hydrogen (secondary N) is 1. The van der Waals surface area contributed by atoms with Gasteiger partial charge in [0.2, 0.25) is 10.0 Å². The Morgan fingerprint density at radius 3 is 2.30 bits per heavy atom. The molecule has 144 valence electrons. The zero-order chi connectivity index (χ0) is 19.8. The van der Waals surface area contributed by atoms with Gasteiger partial charge in [-0.15, -0.1) is 0 Å². The molecule has 1 N–H and O–H groups in total. The number of hydrogen-bond acceptors (Lipinski definition) is 6. The lowest BCUT2D eigenvalue weighted by atomic mass is 10.0. The molecule has 1 aliphatic heterocycles. The van der Waals surface area contributed by atoms with Gasteiger partial charge in [-0.05, 0) is 41.8 Å². The number of fused-ring (bicyclic) bond motifs is 1. The number of nitrogens with zero attached hydrogens (tertiary/aromatic N) is 2. The zero-order valence-corrected chi connectivity index (χ0v) is 16.0. The molecule has 11 heteroatoms. The lowest BCUT2D eigenvalue weighted by Crippen LogP contribution is -2.35. The van der Waals surface area contributed by atoms with Crippen LogP contribution in [0.25, 0.3) is 0 Å². The summed E-state index contributed by atoms with van der Waals surface area (Å²) in [6, 6.07) is 9.53. The van der Waals surface area contributed by atoms with Crippen molar-refractivity contribution in [2.45, 2.75) is 17.9 Å². The van der Waals surface area contributed by atoms with Crippen molar-refractivity contribution in [1.82, 2.24) is 4.31 Å². The number of non-ortho nitro benzene ring substituents is 1. The second-order valence-electron chi connectivity index (χ2n) is 6.19. The van der Waals surface area contributed by atoms with E-state index >= 15 is 0 Å². The number of benzene rings is 2. The third-order valence-electron chi connectivity index (χ3n) is 4.26. The molecule has 0 aromatic heterocycles. The second kappa shape index (κ2) is 6.91. The van der Waals surface area contributed by atoms with Gasteiger partial charge in [-0.1, -0.05) is 6.07 Å². The van der Waals surface area contributed by atoms with Crippen molar-refractivity contribution < 1.29 is 21.8 Å². The molecule has 0 spiro atoms. The number of hydrogen-bond donors (Lipinski definition) is 1. The lowest BCUT2D eigenvalue weighted by molar-refractivity contribution is -0.384. The molecule has 1 aliphatic rings. The summed E-state index contributed by atoms with van der Waals surface area (Å²) in [6.45, 7) is 0.570. The van der Waals surface area contributed by atoms with Crippen LogP contribution in [0.2, 0.25) is 0 Å². The van der Waals surface area contributed by atoms with Crippen molar-refractivity contribution in [3.8, 4) is 0 Å². The van der Waals surface area contributed by atoms with Crippen molar-refractivity contribution in [2.75, 3.05) is 17.5 Å². The third kappa shape index (κ3) is 4.26. The minimum Gasteiger partial charge on any atom is -0.280 e. The third-order valence-corrected chi connectivity index (χ3v) is 6.91. The molecule has 0 unspecified atom stereocenters. The summed E-state index contributed by atoms with van der Waals surface area (Å²) < 4.78 is 52.2. The van der Waals surface area contributed by atoms with E-state index in [9.17, 15) is 26.9 Å². The molecule has 27 heavy (non-hydrogen) atoms. The van der Waals surface area contributed by atoms with Crippen LogP contribution in [-0.4, -0.2) is 38.9 Å². The smallest absolute Gasteiger partial charge is 0.269 e. The van der Waals surface area contributed by atoms with E-state index in [-0.39, 0.29) is 17.1 Å². The molecule has 0 bridgehead atoms. The number of sulfonamides is 2. The first-order valence-electron chi connectivity index (χ1n) is 7.90. The summed E-state index contributed by atoms with van der Waals surface area (Å²) in [5, 5.41) is 10.7. The maximum Gasteiger partial charge on any atom is 0.269 e. The van der Waals surface area contributed by atoms with E-state index in [1.54, 1.807) is 18.2 Å². The highest BCUT2D eigenvalue weighted by Crippen LogP contribution is 2.26. The van der Waals surface area contributed by atoms with E-state index < -0.39 is 25.0 Å². The summed E-state index contributed by atoms with van der Waals surface area (Å²) in [6.07, 6.45) is 1.69. The normalized spacial score (nSPS) is 15.1. The quantitative estimate of drug-likeness (QED) is 0.589. The Morgan fingerprint density at radius 2 is 1.70 bits per heavy atom. The highest BCUT2D eigenvalue weighted by Gasteiger charge is 2.24. The van der Waals surface area contributed by atoms with E-state index in [1.165, 1.54) is 4.31 Å². The van der Waals surface area contributed by atoms with E-state index in [0.29, 0.717) is 18.7 Å². The average molecular weight is 411 g/mol. The van der Waals surface area contributed by atoms with Crippen molar-refractivity contribution in [3.63, 3.8) is 0 Å².